The monoisotopic (exact) mass is 200 g/mol. The second kappa shape index (κ2) is 7.84. The van der Waals surface area contributed by atoms with Crippen molar-refractivity contribution in [3.8, 4) is 0 Å². The summed E-state index contributed by atoms with van der Waals surface area (Å²) in [6.07, 6.45) is 5.34. The molecule has 0 heterocycles. The minimum Gasteiger partial charge on any atom is -0.469 e. The lowest BCUT2D eigenvalue weighted by Crippen LogP contribution is -2.04. The number of hydrogen-bond acceptors (Lipinski definition) is 2. The first kappa shape index (κ1) is 13.5. The van der Waals surface area contributed by atoms with Crippen molar-refractivity contribution in [2.45, 2.75) is 52.9 Å². The quantitative estimate of drug-likeness (QED) is 0.589. The maximum Gasteiger partial charge on any atom is 0.305 e. The van der Waals surface area contributed by atoms with Gasteiger partial charge >= 0.3 is 5.97 Å². The first-order chi connectivity index (χ1) is 6.56. The van der Waals surface area contributed by atoms with E-state index in [4.69, 9.17) is 0 Å². The highest BCUT2D eigenvalue weighted by atomic mass is 16.5. The Labute approximate surface area is 88.0 Å². The highest BCUT2D eigenvalue weighted by Crippen LogP contribution is 2.16. The van der Waals surface area contributed by atoms with Gasteiger partial charge in [-0.2, -0.15) is 0 Å². The Morgan fingerprint density at radius 1 is 1.14 bits per heavy atom. The normalized spacial score (nSPS) is 12.9. The summed E-state index contributed by atoms with van der Waals surface area (Å²) in [5.74, 6) is 1.36. The summed E-state index contributed by atoms with van der Waals surface area (Å²) < 4.78 is 4.60. The van der Waals surface area contributed by atoms with E-state index in [-0.39, 0.29) is 5.97 Å². The van der Waals surface area contributed by atoms with E-state index < -0.39 is 0 Å². The number of esters is 1. The van der Waals surface area contributed by atoms with Crippen LogP contribution < -0.4 is 0 Å². The molecule has 2 nitrogen and oxygen atoms in total. The second-order valence-corrected chi connectivity index (χ2v) is 4.54. The van der Waals surface area contributed by atoms with E-state index >= 15 is 0 Å². The molecule has 84 valence electrons. The molecule has 0 fully saturated rings. The maximum atomic E-state index is 10.9. The van der Waals surface area contributed by atoms with Gasteiger partial charge in [-0.05, 0) is 18.3 Å². The Hall–Kier alpha value is -0.530. The van der Waals surface area contributed by atoms with Crippen LogP contribution in [0.25, 0.3) is 0 Å². The predicted octanol–water partition coefficient (Wildman–Crippen LogP) is 3.40. The van der Waals surface area contributed by atoms with Crippen molar-refractivity contribution in [1.29, 1.82) is 0 Å². The molecule has 0 radical (unpaired) electrons. The average Bonchev–Trinajstić information content (AvgIpc) is 2.13. The Morgan fingerprint density at radius 3 is 2.29 bits per heavy atom. The van der Waals surface area contributed by atoms with Crippen molar-refractivity contribution in [2.24, 2.45) is 11.8 Å². The number of carbonyl (C=O) groups is 1. The molecule has 0 rings (SSSR count). The van der Waals surface area contributed by atoms with Crippen LogP contribution in [-0.4, -0.2) is 13.1 Å². The number of hydrogen-bond donors (Lipinski definition) is 0. The lowest BCUT2D eigenvalue weighted by atomic mass is 9.96. The zero-order valence-corrected chi connectivity index (χ0v) is 10.0. The van der Waals surface area contributed by atoms with Crippen molar-refractivity contribution in [2.75, 3.05) is 7.11 Å². The summed E-state index contributed by atoms with van der Waals surface area (Å²) in [6.45, 7) is 6.71. The minimum absolute atomic E-state index is 0.0827. The van der Waals surface area contributed by atoms with Crippen molar-refractivity contribution >= 4 is 5.97 Å². The van der Waals surface area contributed by atoms with Gasteiger partial charge in [0.05, 0.1) is 7.11 Å². The van der Waals surface area contributed by atoms with Gasteiger partial charge in [0.15, 0.2) is 0 Å². The average molecular weight is 200 g/mol. The molecule has 14 heavy (non-hydrogen) atoms. The molecule has 0 saturated carbocycles. The zero-order chi connectivity index (χ0) is 11.0. The molecule has 0 aliphatic carbocycles. The number of ether oxygens (including phenoxy) is 1. The summed E-state index contributed by atoms with van der Waals surface area (Å²) in [6, 6.07) is 0. The van der Waals surface area contributed by atoms with Crippen LogP contribution in [-0.2, 0) is 9.53 Å². The highest BCUT2D eigenvalue weighted by molar-refractivity contribution is 5.69. The Kier molecular flexibility index (Phi) is 7.54. The minimum atomic E-state index is -0.0827. The van der Waals surface area contributed by atoms with Crippen LogP contribution in [0.5, 0.6) is 0 Å². The molecular formula is C12H24O2. The SMILES string of the molecule is COC(=O)CCC(C)CCCC(C)C. The molecule has 0 bridgehead atoms. The summed E-state index contributed by atoms with van der Waals surface area (Å²) in [4.78, 5) is 10.9. The first-order valence-corrected chi connectivity index (χ1v) is 5.63. The fourth-order valence-corrected chi connectivity index (χ4v) is 1.49. The summed E-state index contributed by atoms with van der Waals surface area (Å²) >= 11 is 0. The standard InChI is InChI=1S/C12H24O2/c1-10(2)6-5-7-11(3)8-9-12(13)14-4/h10-11H,5-9H2,1-4H3. The van der Waals surface area contributed by atoms with Gasteiger partial charge in [-0.15, -0.1) is 0 Å². The molecule has 0 saturated heterocycles. The molecule has 2 heteroatoms. The van der Waals surface area contributed by atoms with E-state index in [0.29, 0.717) is 12.3 Å². The second-order valence-electron chi connectivity index (χ2n) is 4.54. The van der Waals surface area contributed by atoms with E-state index in [1.54, 1.807) is 0 Å². The van der Waals surface area contributed by atoms with E-state index in [2.05, 4.69) is 25.5 Å². The summed E-state index contributed by atoms with van der Waals surface area (Å²) in [5.41, 5.74) is 0. The molecule has 0 aromatic carbocycles. The topological polar surface area (TPSA) is 26.3 Å². The molecule has 1 unspecified atom stereocenters. The molecule has 0 aliphatic heterocycles. The van der Waals surface area contributed by atoms with E-state index in [1.807, 2.05) is 0 Å². The Balaban J connectivity index is 3.36. The third-order valence-corrected chi connectivity index (χ3v) is 2.55. The number of carbonyl (C=O) groups excluding carboxylic acids is 1. The van der Waals surface area contributed by atoms with Crippen LogP contribution in [0.15, 0.2) is 0 Å². The van der Waals surface area contributed by atoms with Gasteiger partial charge in [-0.25, -0.2) is 0 Å². The van der Waals surface area contributed by atoms with Crippen LogP contribution in [0.3, 0.4) is 0 Å². The van der Waals surface area contributed by atoms with Crippen LogP contribution in [0.4, 0.5) is 0 Å². The molecule has 1 atom stereocenters. The van der Waals surface area contributed by atoms with Crippen LogP contribution in [0.2, 0.25) is 0 Å². The lowest BCUT2D eigenvalue weighted by molar-refractivity contribution is -0.140. The van der Waals surface area contributed by atoms with E-state index in [9.17, 15) is 4.79 Å². The molecule has 0 spiro atoms. The van der Waals surface area contributed by atoms with Crippen molar-refractivity contribution < 1.29 is 9.53 Å². The molecule has 0 amide bonds. The Bertz CT molecular complexity index is 152. The zero-order valence-electron chi connectivity index (χ0n) is 10.0. The van der Waals surface area contributed by atoms with Gasteiger partial charge in [-0.1, -0.05) is 40.0 Å². The first-order valence-electron chi connectivity index (χ1n) is 5.63. The Morgan fingerprint density at radius 2 is 1.79 bits per heavy atom. The van der Waals surface area contributed by atoms with Gasteiger partial charge in [0.25, 0.3) is 0 Å². The van der Waals surface area contributed by atoms with Gasteiger partial charge in [0, 0.05) is 6.42 Å². The number of rotatable bonds is 7. The maximum absolute atomic E-state index is 10.9. The number of methoxy groups -OCH3 is 1. The van der Waals surface area contributed by atoms with Crippen LogP contribution in [0.1, 0.15) is 52.9 Å². The van der Waals surface area contributed by atoms with Gasteiger partial charge in [-0.3, -0.25) is 4.79 Å². The van der Waals surface area contributed by atoms with Gasteiger partial charge in [0.2, 0.25) is 0 Å². The van der Waals surface area contributed by atoms with Gasteiger partial charge in [0.1, 0.15) is 0 Å². The van der Waals surface area contributed by atoms with E-state index in [1.165, 1.54) is 26.4 Å². The predicted molar refractivity (Wildman–Crippen MR) is 59.1 cm³/mol. The fourth-order valence-electron chi connectivity index (χ4n) is 1.49. The molecule has 0 N–H and O–H groups in total. The third-order valence-electron chi connectivity index (χ3n) is 2.55. The smallest absolute Gasteiger partial charge is 0.305 e. The van der Waals surface area contributed by atoms with Crippen molar-refractivity contribution in [1.82, 2.24) is 0 Å². The largest absolute Gasteiger partial charge is 0.469 e. The lowest BCUT2D eigenvalue weighted by Gasteiger charge is -2.11. The molecule has 0 aliphatic rings. The van der Waals surface area contributed by atoms with Crippen molar-refractivity contribution in [3.05, 3.63) is 0 Å². The molecule has 0 aromatic rings. The molecule has 0 aromatic heterocycles. The molecular weight excluding hydrogens is 176 g/mol. The summed E-state index contributed by atoms with van der Waals surface area (Å²) in [5, 5.41) is 0. The van der Waals surface area contributed by atoms with Gasteiger partial charge < -0.3 is 4.74 Å². The van der Waals surface area contributed by atoms with E-state index in [0.717, 1.165) is 12.3 Å². The highest BCUT2D eigenvalue weighted by Gasteiger charge is 2.06. The van der Waals surface area contributed by atoms with Crippen LogP contribution in [0, 0.1) is 11.8 Å². The summed E-state index contributed by atoms with van der Waals surface area (Å²) in [7, 11) is 1.45. The third kappa shape index (κ3) is 8.09. The van der Waals surface area contributed by atoms with Crippen LogP contribution >= 0.6 is 0 Å². The fraction of sp³-hybridized carbons (Fsp3) is 0.917. The van der Waals surface area contributed by atoms with Crippen molar-refractivity contribution in [3.63, 3.8) is 0 Å².